The Labute approximate surface area is 43.3 Å². The Kier molecular flexibility index (Phi) is 1.31. The van der Waals surface area contributed by atoms with E-state index in [4.69, 9.17) is 0 Å². The molecular weight excluding hydrogens is 72.1 g/mol. The van der Waals surface area contributed by atoms with E-state index in [2.05, 4.69) is 12.2 Å². The minimum atomic E-state index is 0. The summed E-state index contributed by atoms with van der Waals surface area (Å²) in [7, 11) is 0. The summed E-state index contributed by atoms with van der Waals surface area (Å²) < 4.78 is 0. The molecule has 0 bridgehead atoms. The van der Waals surface area contributed by atoms with Crippen molar-refractivity contribution < 1.29 is 4.28 Å². The second-order valence-corrected chi connectivity index (χ2v) is 1.76. The van der Waals surface area contributed by atoms with Crippen LogP contribution in [0.1, 0.15) is 30.0 Å². The van der Waals surface area contributed by atoms with Crippen LogP contribution < -0.4 is 0 Å². The lowest BCUT2D eigenvalue weighted by Gasteiger charge is -1.97. The summed E-state index contributed by atoms with van der Waals surface area (Å²) in [4.78, 5) is 0. The molecule has 0 atom stereocenters. The molecule has 0 heteroatoms. The Morgan fingerprint density at radius 3 is 1.67 bits per heavy atom. The first-order valence-electron chi connectivity index (χ1n) is 2.65. The zero-order chi connectivity index (χ0) is 4.24. The highest BCUT2D eigenvalue weighted by Crippen LogP contribution is 2.07. The van der Waals surface area contributed by atoms with Gasteiger partial charge in [0.25, 0.3) is 0 Å². The Hall–Kier alpha value is -0.260. The van der Waals surface area contributed by atoms with Crippen molar-refractivity contribution in [3.63, 3.8) is 0 Å². The normalized spacial score (nSPS) is 21.3. The van der Waals surface area contributed by atoms with E-state index in [1.165, 1.54) is 25.7 Å². The molecule has 1 aliphatic rings. The lowest BCUT2D eigenvalue weighted by molar-refractivity contribution is 0.730. The SMILES string of the molecule is C1=CCCCC1.[H+].[H+].[H+]. The van der Waals surface area contributed by atoms with Crippen molar-refractivity contribution in [3.05, 3.63) is 12.2 Å². The fourth-order valence-electron chi connectivity index (χ4n) is 0.760. The summed E-state index contributed by atoms with van der Waals surface area (Å²) in [6.45, 7) is 0. The molecule has 0 aromatic rings. The minimum Gasteiger partial charge on any atom is -0.0885 e. The highest BCUT2D eigenvalue weighted by atomic mass is 13.9. The maximum atomic E-state index is 2.27. The summed E-state index contributed by atoms with van der Waals surface area (Å²) in [6.07, 6.45) is 10.0. The van der Waals surface area contributed by atoms with Gasteiger partial charge in [0.1, 0.15) is 0 Å². The van der Waals surface area contributed by atoms with Crippen LogP contribution in [0.4, 0.5) is 0 Å². The van der Waals surface area contributed by atoms with Crippen molar-refractivity contribution in [2.75, 3.05) is 0 Å². The van der Waals surface area contributed by atoms with Gasteiger partial charge in [0, 0.05) is 0 Å². The molecule has 1 aliphatic carbocycles. The van der Waals surface area contributed by atoms with Crippen LogP contribution in [0.3, 0.4) is 0 Å². The number of allylic oxidation sites excluding steroid dienone is 2. The first-order valence-corrected chi connectivity index (χ1v) is 2.65. The van der Waals surface area contributed by atoms with Crippen LogP contribution in [-0.2, 0) is 0 Å². The van der Waals surface area contributed by atoms with Gasteiger partial charge < -0.3 is 0 Å². The van der Waals surface area contributed by atoms with Gasteiger partial charge in [0.15, 0.2) is 0 Å². The first kappa shape index (κ1) is 3.91. The van der Waals surface area contributed by atoms with E-state index >= 15 is 0 Å². The molecule has 0 radical (unpaired) electrons. The van der Waals surface area contributed by atoms with Crippen LogP contribution in [0.2, 0.25) is 0 Å². The number of rotatable bonds is 0. The molecule has 0 aromatic carbocycles. The molecule has 1 rings (SSSR count). The fraction of sp³-hybridized carbons (Fsp3) is 0.667. The highest BCUT2D eigenvalue weighted by Gasteiger charge is 1.87. The smallest absolute Gasteiger partial charge is 0.0885 e. The molecule has 0 nitrogen and oxygen atoms in total. The van der Waals surface area contributed by atoms with Crippen molar-refractivity contribution in [2.45, 2.75) is 25.7 Å². The summed E-state index contributed by atoms with van der Waals surface area (Å²) in [5.41, 5.74) is 0. The molecule has 0 amide bonds. The topological polar surface area (TPSA) is 0 Å². The average molecular weight is 85.2 g/mol. The summed E-state index contributed by atoms with van der Waals surface area (Å²) in [5, 5.41) is 0. The maximum Gasteiger partial charge on any atom is 1.00 e. The van der Waals surface area contributed by atoms with Crippen molar-refractivity contribution in [2.24, 2.45) is 0 Å². The Morgan fingerprint density at radius 2 is 1.50 bits per heavy atom. The van der Waals surface area contributed by atoms with Gasteiger partial charge in [-0.2, -0.15) is 0 Å². The molecule has 0 heterocycles. The van der Waals surface area contributed by atoms with Crippen LogP contribution >= 0.6 is 0 Å². The van der Waals surface area contributed by atoms with E-state index in [9.17, 15) is 0 Å². The van der Waals surface area contributed by atoms with Gasteiger partial charge >= 0.3 is 4.28 Å². The first-order chi connectivity index (χ1) is 3.00. The van der Waals surface area contributed by atoms with Gasteiger partial charge in [-0.25, -0.2) is 0 Å². The quantitative estimate of drug-likeness (QED) is 0.396. The van der Waals surface area contributed by atoms with E-state index in [0.29, 0.717) is 0 Å². The number of hydrogen-bond acceptors (Lipinski definition) is 0. The number of hydrogen-bond donors (Lipinski definition) is 0. The van der Waals surface area contributed by atoms with Gasteiger partial charge in [0.2, 0.25) is 0 Å². The van der Waals surface area contributed by atoms with Gasteiger partial charge in [0.05, 0.1) is 0 Å². The fourth-order valence-corrected chi connectivity index (χ4v) is 0.760. The van der Waals surface area contributed by atoms with Crippen LogP contribution in [0, 0.1) is 0 Å². The van der Waals surface area contributed by atoms with E-state index in [-0.39, 0.29) is 4.28 Å². The zero-order valence-corrected chi connectivity index (χ0v) is 3.98. The van der Waals surface area contributed by atoms with Gasteiger partial charge in [-0.3, -0.25) is 0 Å². The molecule has 0 unspecified atom stereocenters. The van der Waals surface area contributed by atoms with Crippen LogP contribution in [0.5, 0.6) is 0 Å². The van der Waals surface area contributed by atoms with Gasteiger partial charge in [-0.1, -0.05) is 12.2 Å². The van der Waals surface area contributed by atoms with Crippen molar-refractivity contribution in [3.8, 4) is 0 Å². The van der Waals surface area contributed by atoms with Crippen molar-refractivity contribution in [1.29, 1.82) is 0 Å². The Bertz CT molecular complexity index is 53.3. The third-order valence-electron chi connectivity index (χ3n) is 1.16. The van der Waals surface area contributed by atoms with Crippen LogP contribution in [0.25, 0.3) is 0 Å². The highest BCUT2D eigenvalue weighted by molar-refractivity contribution is 4.85. The molecule has 0 aliphatic heterocycles. The molecule has 34 valence electrons. The Morgan fingerprint density at radius 1 is 1.00 bits per heavy atom. The minimum absolute atomic E-state index is 0. The van der Waals surface area contributed by atoms with Crippen molar-refractivity contribution in [1.82, 2.24) is 0 Å². The second-order valence-electron chi connectivity index (χ2n) is 1.76. The molecular formula is C6H13+3. The molecule has 0 aromatic heterocycles. The largest absolute Gasteiger partial charge is 1.00 e. The van der Waals surface area contributed by atoms with E-state index < -0.39 is 0 Å². The average Bonchev–Trinajstić information content (AvgIpc) is 1.72. The van der Waals surface area contributed by atoms with Crippen molar-refractivity contribution >= 4 is 0 Å². The predicted octanol–water partition coefficient (Wildman–Crippen LogP) is 2.45. The van der Waals surface area contributed by atoms with Gasteiger partial charge in [-0.15, -0.1) is 0 Å². The monoisotopic (exact) mass is 85.1 g/mol. The predicted molar refractivity (Wildman–Crippen MR) is 30.9 cm³/mol. The molecule has 6 heavy (non-hydrogen) atoms. The standard InChI is InChI=1S/C6H10/c1-2-4-6-5-3-1/h1-2H,3-6H2/p+3. The van der Waals surface area contributed by atoms with Crippen LogP contribution in [0.15, 0.2) is 12.2 Å². The van der Waals surface area contributed by atoms with E-state index in [0.717, 1.165) is 0 Å². The molecule has 0 N–H and O–H groups in total. The molecule has 0 saturated heterocycles. The molecule has 0 spiro atoms. The summed E-state index contributed by atoms with van der Waals surface area (Å²) in [6, 6.07) is 0. The second kappa shape index (κ2) is 2.01. The Balaban J connectivity index is -0.000000120. The molecule has 0 fully saturated rings. The van der Waals surface area contributed by atoms with E-state index in [1.807, 2.05) is 0 Å². The van der Waals surface area contributed by atoms with Crippen LogP contribution in [-0.4, -0.2) is 0 Å². The summed E-state index contributed by atoms with van der Waals surface area (Å²) >= 11 is 0. The lowest BCUT2D eigenvalue weighted by Crippen LogP contribution is -1.77. The molecule has 0 saturated carbocycles. The van der Waals surface area contributed by atoms with Gasteiger partial charge in [-0.05, 0) is 25.7 Å². The lowest BCUT2D eigenvalue weighted by atomic mass is 10.1. The third-order valence-corrected chi connectivity index (χ3v) is 1.16. The maximum absolute atomic E-state index is 2.27. The van der Waals surface area contributed by atoms with E-state index in [1.54, 1.807) is 0 Å². The zero-order valence-electron chi connectivity index (χ0n) is 6.98. The third kappa shape index (κ3) is 0.852. The summed E-state index contributed by atoms with van der Waals surface area (Å²) in [5.74, 6) is 0.